The van der Waals surface area contributed by atoms with Crippen LogP contribution in [0.1, 0.15) is 20.3 Å². The van der Waals surface area contributed by atoms with Crippen molar-refractivity contribution in [2.45, 2.75) is 38.6 Å². The Labute approximate surface area is 88.4 Å². The average Bonchev–Trinajstić information content (AvgIpc) is 2.43. The highest BCUT2D eigenvalue weighted by molar-refractivity contribution is 5.66. The van der Waals surface area contributed by atoms with Gasteiger partial charge in [0.05, 0.1) is 24.8 Å². The maximum atomic E-state index is 12.8. The molecule has 0 aromatic heterocycles. The first-order chi connectivity index (χ1) is 7.10. The van der Waals surface area contributed by atoms with Gasteiger partial charge in [-0.15, -0.1) is 0 Å². The maximum absolute atomic E-state index is 12.8. The zero-order chi connectivity index (χ0) is 11.4. The number of hydrogen-bond donors (Lipinski definition) is 1. The number of rotatable bonds is 4. The Balaban J connectivity index is 2.64. The van der Waals surface area contributed by atoms with Crippen molar-refractivity contribution in [2.24, 2.45) is 5.92 Å². The highest BCUT2D eigenvalue weighted by Gasteiger charge is 2.44. The van der Waals surface area contributed by atoms with Gasteiger partial charge in [-0.25, -0.2) is 0 Å². The standard InChI is InChI=1S/C10H17FO4/c1-6-10(15-7(2)13)8(5-11)9(14-6)3-4-12/h6,8-10,12H,3-5H2,1-2H3/t6?,8-,9?,10+/m1/s1. The van der Waals surface area contributed by atoms with Gasteiger partial charge in [0, 0.05) is 13.5 Å². The molecule has 1 heterocycles. The molecule has 0 amide bonds. The van der Waals surface area contributed by atoms with Crippen molar-refractivity contribution < 1.29 is 23.8 Å². The van der Waals surface area contributed by atoms with E-state index in [1.54, 1.807) is 6.92 Å². The van der Waals surface area contributed by atoms with E-state index in [9.17, 15) is 9.18 Å². The average molecular weight is 220 g/mol. The van der Waals surface area contributed by atoms with Gasteiger partial charge >= 0.3 is 5.97 Å². The zero-order valence-corrected chi connectivity index (χ0v) is 8.98. The molecule has 0 aromatic carbocycles. The van der Waals surface area contributed by atoms with Gasteiger partial charge < -0.3 is 14.6 Å². The Morgan fingerprint density at radius 2 is 2.27 bits per heavy atom. The fourth-order valence-corrected chi connectivity index (χ4v) is 1.99. The van der Waals surface area contributed by atoms with Crippen LogP contribution >= 0.6 is 0 Å². The fourth-order valence-electron chi connectivity index (χ4n) is 1.99. The molecule has 5 heteroatoms. The minimum absolute atomic E-state index is 0.0549. The van der Waals surface area contributed by atoms with Gasteiger partial charge in [0.1, 0.15) is 6.10 Å². The van der Waals surface area contributed by atoms with Crippen molar-refractivity contribution in [3.05, 3.63) is 0 Å². The van der Waals surface area contributed by atoms with Crippen LogP contribution in [0.15, 0.2) is 0 Å². The Morgan fingerprint density at radius 1 is 1.60 bits per heavy atom. The molecule has 1 rings (SSSR count). The molecule has 0 aromatic rings. The largest absolute Gasteiger partial charge is 0.459 e. The van der Waals surface area contributed by atoms with Gasteiger partial charge in [-0.3, -0.25) is 9.18 Å². The molecule has 1 fully saturated rings. The molecular weight excluding hydrogens is 203 g/mol. The van der Waals surface area contributed by atoms with Gasteiger partial charge in [-0.1, -0.05) is 0 Å². The molecule has 0 saturated carbocycles. The molecule has 1 aliphatic rings. The van der Waals surface area contributed by atoms with E-state index in [-0.39, 0.29) is 18.8 Å². The van der Waals surface area contributed by atoms with E-state index < -0.39 is 24.7 Å². The first kappa shape index (κ1) is 12.4. The predicted octanol–water partition coefficient (Wildman–Crippen LogP) is 0.673. The summed E-state index contributed by atoms with van der Waals surface area (Å²) in [4.78, 5) is 10.8. The zero-order valence-electron chi connectivity index (χ0n) is 8.98. The van der Waals surface area contributed by atoms with Gasteiger partial charge in [-0.2, -0.15) is 0 Å². The number of aliphatic hydroxyl groups is 1. The maximum Gasteiger partial charge on any atom is 0.303 e. The third-order valence-corrected chi connectivity index (χ3v) is 2.65. The first-order valence-corrected chi connectivity index (χ1v) is 5.09. The highest BCUT2D eigenvalue weighted by Crippen LogP contribution is 2.31. The third-order valence-electron chi connectivity index (χ3n) is 2.65. The quantitative estimate of drug-likeness (QED) is 0.708. The minimum atomic E-state index is -0.604. The van der Waals surface area contributed by atoms with E-state index in [1.807, 2.05) is 0 Å². The van der Waals surface area contributed by atoms with Crippen LogP contribution in [0.2, 0.25) is 0 Å². The summed E-state index contributed by atoms with van der Waals surface area (Å²) in [5, 5.41) is 8.78. The lowest BCUT2D eigenvalue weighted by molar-refractivity contribution is -0.150. The Hall–Kier alpha value is -0.680. The van der Waals surface area contributed by atoms with Gasteiger partial charge in [0.25, 0.3) is 0 Å². The van der Waals surface area contributed by atoms with E-state index >= 15 is 0 Å². The van der Waals surface area contributed by atoms with Crippen LogP contribution in [0.3, 0.4) is 0 Å². The van der Waals surface area contributed by atoms with Crippen molar-refractivity contribution in [3.63, 3.8) is 0 Å². The predicted molar refractivity (Wildman–Crippen MR) is 51.1 cm³/mol. The van der Waals surface area contributed by atoms with Gasteiger partial charge in [-0.05, 0) is 13.3 Å². The smallest absolute Gasteiger partial charge is 0.303 e. The molecule has 15 heavy (non-hydrogen) atoms. The molecule has 0 spiro atoms. The minimum Gasteiger partial charge on any atom is -0.459 e. The molecule has 0 bridgehead atoms. The SMILES string of the molecule is CC(=O)O[C@H]1C(C)OC(CCO)[C@H]1CF. The van der Waals surface area contributed by atoms with Crippen LogP contribution in [-0.4, -0.2) is 42.7 Å². The molecular formula is C10H17FO4. The van der Waals surface area contributed by atoms with Crippen LogP contribution in [0, 0.1) is 5.92 Å². The van der Waals surface area contributed by atoms with Crippen molar-refractivity contribution in [3.8, 4) is 0 Å². The molecule has 1 N–H and O–H groups in total. The Bertz CT molecular complexity index is 221. The summed E-state index contributed by atoms with van der Waals surface area (Å²) in [6, 6.07) is 0. The van der Waals surface area contributed by atoms with Crippen LogP contribution < -0.4 is 0 Å². The lowest BCUT2D eigenvalue weighted by atomic mass is 9.96. The van der Waals surface area contributed by atoms with E-state index in [4.69, 9.17) is 14.6 Å². The van der Waals surface area contributed by atoms with E-state index in [0.717, 1.165) is 0 Å². The van der Waals surface area contributed by atoms with E-state index in [1.165, 1.54) is 6.92 Å². The monoisotopic (exact) mass is 220 g/mol. The molecule has 2 unspecified atom stereocenters. The molecule has 4 nitrogen and oxygen atoms in total. The van der Waals surface area contributed by atoms with Crippen LogP contribution in [0.5, 0.6) is 0 Å². The van der Waals surface area contributed by atoms with Crippen molar-refractivity contribution in [2.75, 3.05) is 13.3 Å². The van der Waals surface area contributed by atoms with E-state index in [0.29, 0.717) is 6.42 Å². The third kappa shape index (κ3) is 2.89. The summed E-state index contributed by atoms with van der Waals surface area (Å²) in [5.41, 5.74) is 0. The number of esters is 1. The molecule has 0 aliphatic carbocycles. The van der Waals surface area contributed by atoms with Crippen LogP contribution in [0.4, 0.5) is 4.39 Å². The number of ether oxygens (including phenoxy) is 2. The number of halogens is 1. The number of carbonyl (C=O) groups excluding carboxylic acids is 1. The van der Waals surface area contributed by atoms with Crippen LogP contribution in [0.25, 0.3) is 0 Å². The number of alkyl halides is 1. The van der Waals surface area contributed by atoms with E-state index in [2.05, 4.69) is 0 Å². The normalized spacial score (nSPS) is 35.5. The summed E-state index contributed by atoms with van der Waals surface area (Å²) in [6.07, 6.45) is -0.842. The molecule has 88 valence electrons. The molecule has 0 radical (unpaired) electrons. The second-order valence-corrected chi connectivity index (χ2v) is 3.78. The second-order valence-electron chi connectivity index (χ2n) is 3.78. The second kappa shape index (κ2) is 5.42. The Kier molecular flexibility index (Phi) is 4.47. The van der Waals surface area contributed by atoms with Crippen molar-refractivity contribution >= 4 is 5.97 Å². The van der Waals surface area contributed by atoms with Crippen LogP contribution in [-0.2, 0) is 14.3 Å². The molecule has 1 saturated heterocycles. The Morgan fingerprint density at radius 3 is 2.73 bits per heavy atom. The number of carbonyl (C=O) groups is 1. The molecule has 4 atom stereocenters. The lowest BCUT2D eigenvalue weighted by Crippen LogP contribution is -2.32. The highest BCUT2D eigenvalue weighted by atomic mass is 19.1. The first-order valence-electron chi connectivity index (χ1n) is 5.09. The summed E-state index contributed by atoms with van der Waals surface area (Å²) in [6.45, 7) is 2.38. The summed E-state index contributed by atoms with van der Waals surface area (Å²) in [5.74, 6) is -0.894. The fraction of sp³-hybridized carbons (Fsp3) is 0.900. The summed E-state index contributed by atoms with van der Waals surface area (Å²) < 4.78 is 23.3. The number of hydrogen-bond acceptors (Lipinski definition) is 4. The lowest BCUT2D eigenvalue weighted by Gasteiger charge is -2.19. The van der Waals surface area contributed by atoms with Crippen molar-refractivity contribution in [1.29, 1.82) is 0 Å². The number of aliphatic hydroxyl groups excluding tert-OH is 1. The summed E-state index contributed by atoms with van der Waals surface area (Å²) >= 11 is 0. The molecule has 1 aliphatic heterocycles. The van der Waals surface area contributed by atoms with Gasteiger partial charge in [0.2, 0.25) is 0 Å². The van der Waals surface area contributed by atoms with Crippen molar-refractivity contribution in [1.82, 2.24) is 0 Å². The van der Waals surface area contributed by atoms with Gasteiger partial charge in [0.15, 0.2) is 0 Å². The summed E-state index contributed by atoms with van der Waals surface area (Å²) in [7, 11) is 0. The topological polar surface area (TPSA) is 55.8 Å².